The minimum atomic E-state index is 0. The van der Waals surface area contributed by atoms with Gasteiger partial charge >= 0.3 is 51.4 Å². The molecule has 0 saturated heterocycles. The zero-order valence-electron chi connectivity index (χ0n) is 5.09. The molecule has 0 heterocycles. The molecule has 0 saturated carbocycles. The summed E-state index contributed by atoms with van der Waals surface area (Å²) in [5.41, 5.74) is 0. The van der Waals surface area contributed by atoms with E-state index in [1.165, 1.54) is 0 Å². The first-order valence-electron chi connectivity index (χ1n) is 0.894. The van der Waals surface area contributed by atoms with Gasteiger partial charge in [-0.05, 0) is 0 Å². The van der Waals surface area contributed by atoms with Crippen LogP contribution in [0.15, 0.2) is 0 Å². The second-order valence-corrected chi connectivity index (χ2v) is 0. The van der Waals surface area contributed by atoms with E-state index in [4.69, 9.17) is 47.3 Å². The zero-order chi connectivity index (χ0) is 8.00. The average Bonchev–Trinajstić information content (AvgIpc) is 2.03. The monoisotopic (exact) mass is 340 g/mol. The fourth-order valence-electron chi connectivity index (χ4n) is 0. The van der Waals surface area contributed by atoms with Crippen LogP contribution in [-0.4, -0.2) is 0 Å². The van der Waals surface area contributed by atoms with Gasteiger partial charge in [0, 0.05) is 22.4 Å². The molecular formula is C4AuKN4-3. The molecule has 0 atom stereocenters. The van der Waals surface area contributed by atoms with Crippen LogP contribution >= 0.6 is 0 Å². The van der Waals surface area contributed by atoms with Gasteiger partial charge in [-0.25, -0.2) is 0 Å². The molecule has 1 radical (unpaired) electrons. The van der Waals surface area contributed by atoms with Crippen molar-refractivity contribution >= 4 is 0 Å². The predicted molar refractivity (Wildman–Crippen MR) is 19.9 cm³/mol. The van der Waals surface area contributed by atoms with Crippen LogP contribution in [0.2, 0.25) is 0 Å². The van der Waals surface area contributed by atoms with E-state index in [-0.39, 0.29) is 73.8 Å². The maximum atomic E-state index is 6.25. The second kappa shape index (κ2) is 5730. The third kappa shape index (κ3) is 3960. The van der Waals surface area contributed by atoms with Gasteiger partial charge in [0.25, 0.3) is 0 Å². The molecule has 0 spiro atoms. The summed E-state index contributed by atoms with van der Waals surface area (Å²) in [6, 6.07) is 0. The Hall–Kier alpha value is 0.337. The molecule has 0 aromatic carbocycles. The van der Waals surface area contributed by atoms with Gasteiger partial charge in [0.15, 0.2) is 0 Å². The summed E-state index contributed by atoms with van der Waals surface area (Å²) in [6.07, 6.45) is 0. The summed E-state index contributed by atoms with van der Waals surface area (Å²) in [5, 5.41) is 25.0. The van der Waals surface area contributed by atoms with E-state index in [1.807, 2.05) is 0 Å². The van der Waals surface area contributed by atoms with Crippen LogP contribution in [0.25, 0.3) is 0 Å². The largest absolute Gasteiger partial charge is 1.00 e. The molecule has 51 valence electrons. The molecule has 0 aliphatic heterocycles. The maximum Gasteiger partial charge on any atom is 1.00 e. The number of nitrogens with zero attached hydrogens (tertiary/aromatic N) is 4. The SMILES string of the molecule is [Au].[C-]#N.[C-]#N.[C-]#N.[C-]#N.[K+]. The van der Waals surface area contributed by atoms with Crippen molar-refractivity contribution in [2.75, 3.05) is 0 Å². The molecule has 6 heteroatoms. The smallest absolute Gasteiger partial charge is 0.512 e. The van der Waals surface area contributed by atoms with Crippen molar-refractivity contribution in [3.63, 3.8) is 0 Å². The second-order valence-electron chi connectivity index (χ2n) is 0. The summed E-state index contributed by atoms with van der Waals surface area (Å²) in [4.78, 5) is 0. The van der Waals surface area contributed by atoms with Gasteiger partial charge in [0.1, 0.15) is 0 Å². The quantitative estimate of drug-likeness (QED) is 0.357. The zero-order valence-corrected chi connectivity index (χ0v) is 10.4. The normalized spacial score (nSPS) is 0.800. The van der Waals surface area contributed by atoms with Gasteiger partial charge in [0.2, 0.25) is 0 Å². The fourth-order valence-corrected chi connectivity index (χ4v) is 0. The van der Waals surface area contributed by atoms with Gasteiger partial charge in [-0.15, -0.1) is 0 Å². The number of hydrogen-bond acceptors (Lipinski definition) is 4. The standard InChI is InChI=1S/4CN.Au.K/c4*1-2;;/q4*-1;;+1. The van der Waals surface area contributed by atoms with Crippen LogP contribution in [0, 0.1) is 47.3 Å². The van der Waals surface area contributed by atoms with Gasteiger partial charge in [-0.2, -0.15) is 0 Å². The molecule has 0 aliphatic rings. The van der Waals surface area contributed by atoms with E-state index in [2.05, 4.69) is 0 Å². The third-order valence-corrected chi connectivity index (χ3v) is 0. The maximum absolute atomic E-state index is 6.25. The van der Waals surface area contributed by atoms with Crippen molar-refractivity contribution in [1.82, 2.24) is 0 Å². The Bertz CT molecular complexity index is 60.2. The molecular weight excluding hydrogens is 340 g/mol. The van der Waals surface area contributed by atoms with Crippen LogP contribution in [0.5, 0.6) is 0 Å². The van der Waals surface area contributed by atoms with Crippen LogP contribution in [0.1, 0.15) is 0 Å². The predicted octanol–water partition coefficient (Wildman–Crippen LogP) is -2.61. The van der Waals surface area contributed by atoms with Crippen LogP contribution < -0.4 is 51.4 Å². The Morgan fingerprint density at radius 1 is 0.500 bits per heavy atom. The van der Waals surface area contributed by atoms with E-state index in [0.29, 0.717) is 0 Å². The van der Waals surface area contributed by atoms with Crippen molar-refractivity contribution in [2.45, 2.75) is 0 Å². The average molecular weight is 340 g/mol. The third-order valence-electron chi connectivity index (χ3n) is 0. The first-order valence-corrected chi connectivity index (χ1v) is 0.894. The van der Waals surface area contributed by atoms with Crippen molar-refractivity contribution in [3.05, 3.63) is 26.3 Å². The molecule has 0 bridgehead atoms. The minimum absolute atomic E-state index is 0. The molecule has 4 nitrogen and oxygen atoms in total. The van der Waals surface area contributed by atoms with Crippen molar-refractivity contribution in [1.29, 1.82) is 21.0 Å². The van der Waals surface area contributed by atoms with Crippen LogP contribution in [-0.2, 0) is 22.4 Å². The van der Waals surface area contributed by atoms with Crippen LogP contribution in [0.3, 0.4) is 0 Å². The Morgan fingerprint density at radius 3 is 0.500 bits per heavy atom. The van der Waals surface area contributed by atoms with E-state index in [0.717, 1.165) is 0 Å². The van der Waals surface area contributed by atoms with E-state index < -0.39 is 0 Å². The minimum Gasteiger partial charge on any atom is -0.512 e. The molecule has 0 aliphatic carbocycles. The van der Waals surface area contributed by atoms with Crippen molar-refractivity contribution < 1.29 is 73.8 Å². The van der Waals surface area contributed by atoms with Gasteiger partial charge in [-0.1, -0.05) is 0 Å². The molecule has 0 fully saturated rings. The Balaban J connectivity index is -0.00000000500. The van der Waals surface area contributed by atoms with Crippen molar-refractivity contribution in [2.24, 2.45) is 0 Å². The van der Waals surface area contributed by atoms with Crippen molar-refractivity contribution in [3.8, 4) is 0 Å². The summed E-state index contributed by atoms with van der Waals surface area (Å²) >= 11 is 0. The topological polar surface area (TPSA) is 95.2 Å². The summed E-state index contributed by atoms with van der Waals surface area (Å²) in [7, 11) is 0. The molecule has 0 unspecified atom stereocenters. The fraction of sp³-hybridized carbons (Fsp3) is 0. The molecule has 0 aromatic heterocycles. The molecule has 0 N–H and O–H groups in total. The molecule has 0 amide bonds. The summed E-state index contributed by atoms with van der Waals surface area (Å²) in [5.74, 6) is 0. The molecule has 0 aromatic rings. The van der Waals surface area contributed by atoms with Gasteiger partial charge < -0.3 is 47.3 Å². The molecule has 10 heavy (non-hydrogen) atoms. The summed E-state index contributed by atoms with van der Waals surface area (Å²) < 4.78 is 0. The number of hydrogen-bond donors (Lipinski definition) is 0. The Labute approximate surface area is 119 Å². The first kappa shape index (κ1) is 47.9. The number of rotatable bonds is 0. The summed E-state index contributed by atoms with van der Waals surface area (Å²) in [6.45, 7) is 19.0. The first-order chi connectivity index (χ1) is 4.00. The molecule has 0 rings (SSSR count). The van der Waals surface area contributed by atoms with E-state index in [1.54, 1.807) is 0 Å². The Morgan fingerprint density at radius 2 is 0.500 bits per heavy atom. The van der Waals surface area contributed by atoms with Gasteiger partial charge in [-0.3, -0.25) is 0 Å². The Kier molecular flexibility index (Phi) is 27400. The van der Waals surface area contributed by atoms with E-state index in [9.17, 15) is 0 Å². The van der Waals surface area contributed by atoms with E-state index >= 15 is 0 Å². The van der Waals surface area contributed by atoms with Gasteiger partial charge in [0.05, 0.1) is 0 Å². The van der Waals surface area contributed by atoms with Crippen LogP contribution in [0.4, 0.5) is 0 Å².